The molecule has 5 aliphatic heterocycles. The van der Waals surface area contributed by atoms with Crippen LogP contribution < -0.4 is 10.6 Å². The number of H-pyrrole nitrogens is 1. The van der Waals surface area contributed by atoms with Gasteiger partial charge in [0.15, 0.2) is 0 Å². The van der Waals surface area contributed by atoms with Crippen LogP contribution in [0, 0.1) is 23.7 Å². The van der Waals surface area contributed by atoms with Gasteiger partial charge in [0.2, 0.25) is 11.8 Å². The van der Waals surface area contributed by atoms with Gasteiger partial charge in [-0.2, -0.15) is 0 Å². The molecule has 6 heterocycles. The molecule has 8 aliphatic rings. The van der Waals surface area contributed by atoms with Crippen LogP contribution in [0.25, 0.3) is 16.8 Å². The van der Waals surface area contributed by atoms with Gasteiger partial charge in [0.25, 0.3) is 0 Å². The number of allylic oxidation sites excluding steroid dienone is 1. The fraction of sp³-hybridized carbons (Fsp3) is 0.560. The number of ether oxygens (including phenoxy) is 4. The molecule has 10 atom stereocenters. The lowest BCUT2D eigenvalue weighted by molar-refractivity contribution is -0.138. The Hall–Kier alpha value is -5.54. The van der Waals surface area contributed by atoms with E-state index < -0.39 is 24.3 Å². The average Bonchev–Trinajstić information content (AvgIpc) is 4.28. The molecule has 4 amide bonds. The summed E-state index contributed by atoms with van der Waals surface area (Å²) in [5, 5.41) is 5.75. The topological polar surface area (TPSA) is 177 Å². The zero-order chi connectivity index (χ0) is 44.3. The van der Waals surface area contributed by atoms with Gasteiger partial charge < -0.3 is 44.4 Å². The number of aromatic amines is 1. The molecule has 3 N–H and O–H groups in total. The van der Waals surface area contributed by atoms with Crippen LogP contribution in [0.5, 0.6) is 0 Å². The van der Waals surface area contributed by atoms with Crippen molar-refractivity contribution in [2.45, 2.75) is 112 Å². The third kappa shape index (κ3) is 8.23. The SMILES string of the molecule is COC(=O)N[C@H](C(=O)N1[C@@H]2C[C@@H]2C[C@H]1C1=NC=C(c2ccc([C@H]3C[C@@H]3c3ccc(-c4cnc([C@@H]5C[C@H]6C[C@H]6N5C(=O)[C@@H](NC(=O)OC)C5CCOCC5)[nH]4)cc3)cc2)C1)C1CCOCC1. The third-order valence-electron chi connectivity index (χ3n) is 15.8. The third-order valence-corrected chi connectivity index (χ3v) is 15.8. The predicted octanol–water partition coefficient (Wildman–Crippen LogP) is 6.49. The first-order valence-corrected chi connectivity index (χ1v) is 23.8. The van der Waals surface area contributed by atoms with Gasteiger partial charge in [-0.3, -0.25) is 14.6 Å². The number of carbonyl (C=O) groups excluding carboxylic acids is 4. The van der Waals surface area contributed by atoms with E-state index >= 15 is 0 Å². The quantitative estimate of drug-likeness (QED) is 0.184. The highest BCUT2D eigenvalue weighted by atomic mass is 16.5. The number of fused-ring (bicyclic) bond motifs is 2. The maximum Gasteiger partial charge on any atom is 0.407 e. The Morgan fingerprint density at radius 1 is 0.677 bits per heavy atom. The molecule has 0 unspecified atom stereocenters. The molecule has 0 spiro atoms. The number of carbonyl (C=O) groups is 4. The van der Waals surface area contributed by atoms with Crippen LogP contribution in [0.3, 0.4) is 0 Å². The summed E-state index contributed by atoms with van der Waals surface area (Å²) in [5.41, 5.74) is 7.97. The largest absolute Gasteiger partial charge is 0.453 e. The second-order valence-electron chi connectivity index (χ2n) is 19.6. The number of alkyl carbamates (subject to hydrolysis) is 2. The summed E-state index contributed by atoms with van der Waals surface area (Å²) in [7, 11) is 2.66. The Morgan fingerprint density at radius 3 is 1.72 bits per heavy atom. The van der Waals surface area contributed by atoms with E-state index in [0.29, 0.717) is 69.4 Å². The van der Waals surface area contributed by atoms with Gasteiger partial charge in [-0.05, 0) is 121 Å². The number of benzene rings is 2. The van der Waals surface area contributed by atoms with Crippen LogP contribution in [0.4, 0.5) is 9.59 Å². The van der Waals surface area contributed by atoms with E-state index in [1.807, 2.05) is 22.2 Å². The molecule has 0 radical (unpaired) electrons. The standard InChI is InChI=1S/C50H59N7O8/c1-62-49(60)54-44(31-11-15-64-16-12-31)47(58)56-40-20-33(40)22-42(56)38-19-35(25-51-38)27-3-5-28(6-4-27)36-24-37(36)29-7-9-30(10-8-29)39-26-52-46(53-39)43-23-34-21-41(34)57(43)48(59)45(55-50(61)63-2)32-13-17-65-18-14-32/h3-10,25-26,31-34,36-37,40-45H,11-24H2,1-2H3,(H,52,53)(H,54,60)(H,55,61)/t33-,34-,36-,37-,40-,41-,42+,43+,44+,45+/m1/s1. The van der Waals surface area contributed by atoms with Crippen molar-refractivity contribution in [3.63, 3.8) is 0 Å². The number of amides is 4. The Morgan fingerprint density at radius 2 is 1.18 bits per heavy atom. The Balaban J connectivity index is 0.706. The number of piperidine rings is 2. The second kappa shape index (κ2) is 17.4. The van der Waals surface area contributed by atoms with Crippen LogP contribution in [0.1, 0.15) is 105 Å². The normalized spacial score (nSPS) is 30.1. The van der Waals surface area contributed by atoms with Crippen molar-refractivity contribution in [1.29, 1.82) is 0 Å². The summed E-state index contributed by atoms with van der Waals surface area (Å²) in [6.07, 6.45) is 11.1. The Labute approximate surface area is 379 Å². The second-order valence-corrected chi connectivity index (χ2v) is 19.6. The lowest BCUT2D eigenvalue weighted by atomic mass is 9.90. The van der Waals surface area contributed by atoms with Crippen molar-refractivity contribution >= 4 is 35.3 Å². The molecule has 11 rings (SSSR count). The first-order valence-electron chi connectivity index (χ1n) is 23.8. The maximum absolute atomic E-state index is 14.3. The Bertz CT molecular complexity index is 2370. The van der Waals surface area contributed by atoms with E-state index in [1.165, 1.54) is 25.3 Å². The summed E-state index contributed by atoms with van der Waals surface area (Å²) in [6, 6.07) is 16.6. The summed E-state index contributed by atoms with van der Waals surface area (Å²) in [6.45, 7) is 2.32. The van der Waals surface area contributed by atoms with E-state index in [0.717, 1.165) is 78.9 Å². The van der Waals surface area contributed by atoms with Gasteiger partial charge in [0, 0.05) is 56.8 Å². The minimum absolute atomic E-state index is 0.00888. The van der Waals surface area contributed by atoms with E-state index in [2.05, 4.69) is 64.1 Å². The van der Waals surface area contributed by atoms with Crippen molar-refractivity contribution in [2.24, 2.45) is 28.7 Å². The van der Waals surface area contributed by atoms with E-state index in [1.54, 1.807) is 0 Å². The predicted molar refractivity (Wildman–Crippen MR) is 240 cm³/mol. The molecule has 4 saturated heterocycles. The van der Waals surface area contributed by atoms with Crippen molar-refractivity contribution in [3.05, 3.63) is 83.4 Å². The highest BCUT2D eigenvalue weighted by molar-refractivity contribution is 6.04. The molecule has 65 heavy (non-hydrogen) atoms. The minimum Gasteiger partial charge on any atom is -0.453 e. The Kier molecular flexibility index (Phi) is 11.2. The molecule has 342 valence electrons. The molecule has 3 aliphatic carbocycles. The summed E-state index contributed by atoms with van der Waals surface area (Å²) < 4.78 is 21.0. The number of likely N-dealkylation sites (tertiary alicyclic amines) is 2. The van der Waals surface area contributed by atoms with E-state index in [9.17, 15) is 19.2 Å². The number of rotatable bonds is 12. The van der Waals surface area contributed by atoms with Gasteiger partial charge in [-0.15, -0.1) is 0 Å². The number of nitrogens with zero attached hydrogens (tertiary/aromatic N) is 4. The molecular formula is C50H59N7O8. The van der Waals surface area contributed by atoms with Gasteiger partial charge in [-0.25, -0.2) is 14.6 Å². The van der Waals surface area contributed by atoms with Crippen molar-refractivity contribution < 1.29 is 38.1 Å². The highest BCUT2D eigenvalue weighted by Crippen LogP contribution is 2.56. The number of hydrogen-bond acceptors (Lipinski definition) is 10. The summed E-state index contributed by atoms with van der Waals surface area (Å²) >= 11 is 0. The first kappa shape index (κ1) is 42.1. The minimum atomic E-state index is -0.660. The van der Waals surface area contributed by atoms with Gasteiger partial charge in [0.05, 0.1) is 38.2 Å². The zero-order valence-corrected chi connectivity index (χ0v) is 37.2. The van der Waals surface area contributed by atoms with Gasteiger partial charge >= 0.3 is 12.2 Å². The molecule has 0 bridgehead atoms. The van der Waals surface area contributed by atoms with Crippen molar-refractivity contribution in [1.82, 2.24) is 30.4 Å². The average molecular weight is 886 g/mol. The first-order chi connectivity index (χ1) is 31.8. The zero-order valence-electron chi connectivity index (χ0n) is 37.2. The number of aromatic nitrogens is 2. The molecular weight excluding hydrogens is 827 g/mol. The molecule has 2 aromatic carbocycles. The van der Waals surface area contributed by atoms with Crippen molar-refractivity contribution in [2.75, 3.05) is 40.6 Å². The number of aliphatic imine (C=N–C) groups is 1. The molecule has 3 saturated carbocycles. The van der Waals surface area contributed by atoms with E-state index in [4.69, 9.17) is 28.9 Å². The lowest BCUT2D eigenvalue weighted by Crippen LogP contribution is -2.56. The fourth-order valence-corrected chi connectivity index (χ4v) is 11.9. The number of methoxy groups -OCH3 is 2. The maximum atomic E-state index is 14.3. The number of hydrogen-bond donors (Lipinski definition) is 3. The van der Waals surface area contributed by atoms with Crippen LogP contribution >= 0.6 is 0 Å². The molecule has 1 aromatic heterocycles. The van der Waals surface area contributed by atoms with Gasteiger partial charge in [0.1, 0.15) is 17.9 Å². The van der Waals surface area contributed by atoms with E-state index in [-0.39, 0.29) is 47.8 Å². The summed E-state index contributed by atoms with van der Waals surface area (Å²) in [4.78, 5) is 70.6. The molecule has 7 fully saturated rings. The van der Waals surface area contributed by atoms with Crippen LogP contribution in [0.15, 0.2) is 65.9 Å². The molecule has 15 nitrogen and oxygen atoms in total. The molecule has 3 aromatic rings. The van der Waals surface area contributed by atoms with Crippen molar-refractivity contribution in [3.8, 4) is 11.3 Å². The number of nitrogens with one attached hydrogen (secondary N) is 3. The lowest BCUT2D eigenvalue weighted by Gasteiger charge is -2.36. The van der Waals surface area contributed by atoms with Crippen LogP contribution in [0.2, 0.25) is 0 Å². The smallest absolute Gasteiger partial charge is 0.407 e. The fourth-order valence-electron chi connectivity index (χ4n) is 11.9. The van der Waals surface area contributed by atoms with Crippen LogP contribution in [-0.2, 0) is 28.5 Å². The summed E-state index contributed by atoms with van der Waals surface area (Å²) in [5.74, 6) is 2.56. The monoisotopic (exact) mass is 885 g/mol. The van der Waals surface area contributed by atoms with Gasteiger partial charge in [-0.1, -0.05) is 48.5 Å². The molecule has 15 heteroatoms. The highest BCUT2D eigenvalue weighted by Gasteiger charge is 2.58. The number of imidazole rings is 1. The van der Waals surface area contributed by atoms with Crippen LogP contribution in [-0.4, -0.2) is 120 Å².